The molecule has 16 nitrogen and oxygen atoms in total. The zero-order valence-corrected chi connectivity index (χ0v) is 50.3. The van der Waals surface area contributed by atoms with Gasteiger partial charge in [0.25, 0.3) is 0 Å². The van der Waals surface area contributed by atoms with E-state index in [1.54, 1.807) is 18.2 Å². The Bertz CT molecular complexity index is 4020. The number of phenolic OH excluding ortho intramolecular Hbond substituents is 3. The van der Waals surface area contributed by atoms with Crippen LogP contribution in [0.25, 0.3) is 38.8 Å². The maximum absolute atomic E-state index is 15.6. The number of ether oxygens (including phenoxy) is 3. The van der Waals surface area contributed by atoms with Crippen LogP contribution in [0, 0.1) is 52.8 Å². The quantitative estimate of drug-likeness (QED) is 0.0528. The van der Waals surface area contributed by atoms with Crippen molar-refractivity contribution in [3.8, 4) is 51.8 Å². The number of aromatic hydroxyl groups is 3. The number of cyclic esters (lactones) is 1. The number of methoxy groups -OCH3 is 1. The third-order valence-corrected chi connectivity index (χ3v) is 22.9. The summed E-state index contributed by atoms with van der Waals surface area (Å²) in [6, 6.07) is 26.7. The fourth-order valence-corrected chi connectivity index (χ4v) is 19.5. The van der Waals surface area contributed by atoms with Gasteiger partial charge in [-0.05, 0) is 200 Å². The fourth-order valence-electron chi connectivity index (χ4n) is 19.5. The van der Waals surface area contributed by atoms with Gasteiger partial charge in [-0.15, -0.1) is 0 Å². The van der Waals surface area contributed by atoms with Crippen molar-refractivity contribution in [2.24, 2.45) is 40.9 Å². The van der Waals surface area contributed by atoms with Crippen molar-refractivity contribution in [3.05, 3.63) is 131 Å². The molecule has 3 aromatic heterocycles. The number of carbonyl (C=O) groups is 2. The molecule has 4 aromatic carbocycles. The van der Waals surface area contributed by atoms with Crippen LogP contribution in [-0.4, -0.2) is 118 Å². The van der Waals surface area contributed by atoms with E-state index >= 15 is 4.79 Å². The Hall–Kier alpha value is -7.52. The molecule has 2 spiro atoms. The number of para-hydroxylation sites is 1. The highest BCUT2D eigenvalue weighted by Crippen LogP contribution is 2.70. The molecule has 5 aliphatic carbocycles. The lowest BCUT2D eigenvalue weighted by molar-refractivity contribution is -0.155. The number of piperidine rings is 1. The molecule has 15 rings (SSSR count). The summed E-state index contributed by atoms with van der Waals surface area (Å²) in [7, 11) is 1.54. The van der Waals surface area contributed by atoms with Crippen molar-refractivity contribution in [1.29, 1.82) is 0 Å². The molecule has 15 atom stereocenters. The number of H-pyrrole nitrogens is 2. The number of aliphatic hydroxyl groups excluding tert-OH is 4. The van der Waals surface area contributed by atoms with Gasteiger partial charge in [0.15, 0.2) is 23.0 Å². The average Bonchev–Trinajstić information content (AvgIpc) is 1.59. The number of nitrogens with one attached hydrogen (secondary N) is 3. The number of aromatic nitrogens is 3. The number of hydrogen-bond acceptors (Lipinski definition) is 13. The van der Waals surface area contributed by atoms with E-state index in [2.05, 4.69) is 62.0 Å². The number of nitrogens with zero attached hydrogens (tertiary/aromatic N) is 1. The lowest BCUT2D eigenvalue weighted by Crippen LogP contribution is -2.68. The zero-order chi connectivity index (χ0) is 61.0. The number of esters is 1. The first-order chi connectivity index (χ1) is 43.2. The molecule has 0 unspecified atom stereocenters. The monoisotopic (exact) mass is 1200 g/mol. The second-order valence-corrected chi connectivity index (χ2v) is 27.5. The molecule has 5 fully saturated rings. The van der Waals surface area contributed by atoms with Crippen molar-refractivity contribution in [3.63, 3.8) is 0 Å². The Morgan fingerprint density at radius 3 is 2.57 bits per heavy atom. The molecule has 4 saturated carbocycles. The number of carbonyl (C=O) groups excluding carboxylic acids is 2. The predicted molar refractivity (Wildman–Crippen MR) is 335 cm³/mol. The van der Waals surface area contributed by atoms with Crippen molar-refractivity contribution in [2.75, 3.05) is 20.3 Å². The number of ketones is 1. The first kappa shape index (κ1) is 57.9. The minimum atomic E-state index is -1.36. The molecule has 464 valence electrons. The number of hydrogen-bond donors (Lipinski definition) is 10. The Labute approximate surface area is 517 Å². The van der Waals surface area contributed by atoms with Crippen LogP contribution in [0.4, 0.5) is 0 Å². The largest absolute Gasteiger partial charge is 0.508 e. The number of phenols is 3. The van der Waals surface area contributed by atoms with Crippen LogP contribution < -0.4 is 14.8 Å². The van der Waals surface area contributed by atoms with E-state index < -0.39 is 41.8 Å². The summed E-state index contributed by atoms with van der Waals surface area (Å²) >= 11 is 0. The minimum Gasteiger partial charge on any atom is -0.508 e. The molecule has 8 aliphatic rings. The Kier molecular flexibility index (Phi) is 14.8. The van der Waals surface area contributed by atoms with Crippen molar-refractivity contribution >= 4 is 39.3 Å². The highest BCUT2D eigenvalue weighted by Gasteiger charge is 2.66. The lowest BCUT2D eigenvalue weighted by Gasteiger charge is -2.60. The van der Waals surface area contributed by atoms with E-state index in [-0.39, 0.29) is 133 Å². The first-order valence-corrected chi connectivity index (χ1v) is 32.5. The number of Topliss-reactive ketones (excluding diaryl/α,β-unsaturated/α-hetero) is 1. The summed E-state index contributed by atoms with van der Waals surface area (Å²) in [6.45, 7) is -0.334. The standard InChI is InChI=1S/C73H80N4O12/c1-87-64-35-52-51(34-63(64)85)54-29-41-37-72(22-23-73(38-72)71-48(47-9-6-11-61(83)70(47)76-73)18-15-40-14-16-42(79)30-50(40)59-36-57-58(77(59)71)21-24-74-57)55-32-43(80)17-19-49(55)68(41)53(52)31-44(81)33-66(62(84)27-39-13-20-60(82)65(28-39)88-26-25-78)89-67(86)12-5-3-8-46-45-7-2-4-10-56(45)75-69(46)54/h2,4,7,10,13-14,16,20-21,24,28-30,34-36,41,43,47-49,53,55,61-62,66,68,70-71,74-76,78-80,82-85H,6,8-9,11-12,15,17-19,22-23,25-27,31-33,37-38H2,1H3/t41-,43+,47+,48-,49+,53+,55+,61+,62+,66-,68+,70-,71-,72+,73-/m0/s1. The maximum Gasteiger partial charge on any atom is 0.318 e. The van der Waals surface area contributed by atoms with E-state index in [0.717, 1.165) is 125 Å². The number of aryl methyl sites for hydroxylation is 1. The Balaban J connectivity index is 0.894. The Morgan fingerprint density at radius 2 is 1.71 bits per heavy atom. The number of allylic oxidation sites excluding steroid dienone is 1. The van der Waals surface area contributed by atoms with Crippen LogP contribution in [-0.2, 0) is 33.6 Å². The zero-order valence-electron chi connectivity index (χ0n) is 50.3. The van der Waals surface area contributed by atoms with E-state index in [1.807, 2.05) is 42.6 Å². The van der Waals surface area contributed by atoms with Gasteiger partial charge in [0.05, 0.1) is 60.5 Å². The van der Waals surface area contributed by atoms with Gasteiger partial charge in [0, 0.05) is 65.5 Å². The van der Waals surface area contributed by atoms with Crippen LogP contribution >= 0.6 is 0 Å². The van der Waals surface area contributed by atoms with Crippen LogP contribution in [0.15, 0.2) is 97.2 Å². The summed E-state index contributed by atoms with van der Waals surface area (Å²) in [6.07, 6.45) is 10.1. The van der Waals surface area contributed by atoms with E-state index in [9.17, 15) is 40.5 Å². The number of benzene rings is 4. The lowest BCUT2D eigenvalue weighted by atomic mass is 9.47. The number of fused-ring (bicyclic) bond motifs is 19. The second kappa shape index (κ2) is 22.8. The van der Waals surface area contributed by atoms with Gasteiger partial charge in [-0.3, -0.25) is 9.59 Å². The molecule has 7 aromatic rings. The van der Waals surface area contributed by atoms with E-state index in [1.165, 1.54) is 18.7 Å². The van der Waals surface area contributed by atoms with Gasteiger partial charge < -0.3 is 69.8 Å². The molecule has 2 bridgehead atoms. The molecule has 16 heteroatoms. The number of rotatable bonds is 7. The average molecular weight is 1210 g/mol. The van der Waals surface area contributed by atoms with E-state index in [4.69, 9.17) is 14.2 Å². The number of aliphatic hydroxyl groups is 4. The highest BCUT2D eigenvalue weighted by molar-refractivity contribution is 5.95. The second-order valence-electron chi connectivity index (χ2n) is 27.5. The molecule has 0 amide bonds. The third kappa shape index (κ3) is 9.92. The summed E-state index contributed by atoms with van der Waals surface area (Å²) in [5.74, 6) is 5.61. The van der Waals surface area contributed by atoms with E-state index in [0.29, 0.717) is 18.4 Å². The van der Waals surface area contributed by atoms with Crippen LogP contribution in [0.2, 0.25) is 0 Å². The molecule has 1 saturated heterocycles. The van der Waals surface area contributed by atoms with Gasteiger partial charge in [0.1, 0.15) is 30.7 Å². The Morgan fingerprint density at radius 1 is 0.843 bits per heavy atom. The molecule has 6 heterocycles. The van der Waals surface area contributed by atoms with Crippen LogP contribution in [0.3, 0.4) is 0 Å². The summed E-state index contributed by atoms with van der Waals surface area (Å²) in [4.78, 5) is 37.0. The van der Waals surface area contributed by atoms with Crippen LogP contribution in [0.1, 0.15) is 135 Å². The maximum atomic E-state index is 15.6. The van der Waals surface area contributed by atoms with Gasteiger partial charge >= 0.3 is 5.97 Å². The van der Waals surface area contributed by atoms with Gasteiger partial charge in [-0.25, -0.2) is 0 Å². The molecular formula is C73H80N4O12. The fraction of sp³-hybridized carbons (Fsp3) is 0.479. The normalized spacial score (nSPS) is 31.9. The van der Waals surface area contributed by atoms with Gasteiger partial charge in [-0.2, -0.15) is 0 Å². The first-order valence-electron chi connectivity index (χ1n) is 32.5. The summed E-state index contributed by atoms with van der Waals surface area (Å²) in [5, 5.41) is 85.4. The smallest absolute Gasteiger partial charge is 0.318 e. The van der Waals surface area contributed by atoms with Crippen molar-refractivity contribution < 1.29 is 59.5 Å². The third-order valence-electron chi connectivity index (χ3n) is 22.9. The van der Waals surface area contributed by atoms with Gasteiger partial charge in [-0.1, -0.05) is 54.7 Å². The van der Waals surface area contributed by atoms with Crippen LogP contribution in [0.5, 0.6) is 28.7 Å². The predicted octanol–water partition coefficient (Wildman–Crippen LogP) is 10.2. The molecule has 89 heavy (non-hydrogen) atoms. The topological polar surface area (TPSA) is 252 Å². The van der Waals surface area contributed by atoms with Gasteiger partial charge in [0.2, 0.25) is 0 Å². The summed E-state index contributed by atoms with van der Waals surface area (Å²) < 4.78 is 20.3. The molecule has 3 aliphatic heterocycles. The highest BCUT2D eigenvalue weighted by atomic mass is 16.6. The molecule has 10 N–H and O–H groups in total. The minimum absolute atomic E-state index is 0.0107. The summed E-state index contributed by atoms with van der Waals surface area (Å²) in [5.41, 5.74) is 10.4. The van der Waals surface area contributed by atoms with Crippen molar-refractivity contribution in [1.82, 2.24) is 19.9 Å². The molecular weight excluding hydrogens is 1120 g/mol. The number of aromatic amines is 2. The van der Waals surface area contributed by atoms with Crippen molar-refractivity contribution in [2.45, 2.75) is 157 Å². The SMILES string of the molecule is COc1cc2c(cc1O)C1=C[C@H]3C[C@@]4(CC[C@@]5(C4)N[C@H]4[C@H](CCC[C@H]4O)[C@@H]4CCc6ccc(O)cc6-c6cc7[nH]ccc7n6[C@@H]45)[C@@H]4C[C@H](O)CC[C@H]4[C@@H]3[C@@H]2CC(=O)C[C@@H]([C@H](O)Cc2ccc(O)c(OCCO)c2)OC(=O)CC#CCc2c1[nH]c1ccccc21. The molecule has 0 radical (unpaired) electrons.